The molecule has 0 radical (unpaired) electrons. The minimum Gasteiger partial charge on any atom is -0.390 e. The van der Waals surface area contributed by atoms with E-state index < -0.39 is 5.60 Å². The molecule has 3 rings (SSSR count). The molecule has 0 bridgehead atoms. The molecule has 2 nitrogen and oxygen atoms in total. The number of halogens is 1. The maximum atomic E-state index is 14.2. The lowest BCUT2D eigenvalue weighted by molar-refractivity contribution is -0.00369. The average molecular weight is 394 g/mol. The Labute approximate surface area is 174 Å². The van der Waals surface area contributed by atoms with Gasteiger partial charge in [-0.2, -0.15) is 0 Å². The number of allylic oxidation sites excluding steroid dienone is 2. The molecular weight excluding hydrogens is 361 g/mol. The maximum absolute atomic E-state index is 14.2. The lowest BCUT2D eigenvalue weighted by Crippen LogP contribution is -2.50. The fraction of sp³-hybridized carbons (Fsp3) is 0.385. The molecule has 2 atom stereocenters. The molecule has 154 valence electrons. The van der Waals surface area contributed by atoms with E-state index in [-0.39, 0.29) is 17.4 Å². The van der Waals surface area contributed by atoms with Gasteiger partial charge in [-0.15, -0.1) is 0 Å². The summed E-state index contributed by atoms with van der Waals surface area (Å²) in [5.41, 5.74) is 1.04. The van der Waals surface area contributed by atoms with Crippen LogP contribution in [0.4, 0.5) is 4.39 Å². The van der Waals surface area contributed by atoms with E-state index in [4.69, 9.17) is 0 Å². The zero-order valence-corrected chi connectivity index (χ0v) is 17.7. The number of hydrogen-bond acceptors (Lipinski definition) is 2. The van der Waals surface area contributed by atoms with E-state index in [1.165, 1.54) is 11.6 Å². The first-order valence-electron chi connectivity index (χ1n) is 10.5. The first-order chi connectivity index (χ1) is 13.8. The van der Waals surface area contributed by atoms with Gasteiger partial charge in [0.05, 0.1) is 5.60 Å². The number of rotatable bonds is 8. The van der Waals surface area contributed by atoms with Crippen LogP contribution in [0, 0.1) is 5.82 Å². The van der Waals surface area contributed by atoms with E-state index in [0.29, 0.717) is 6.42 Å². The second-order valence-electron chi connectivity index (χ2n) is 8.65. The van der Waals surface area contributed by atoms with Gasteiger partial charge < -0.3 is 5.11 Å². The molecule has 1 aliphatic rings. The molecule has 0 aromatic heterocycles. The van der Waals surface area contributed by atoms with Crippen molar-refractivity contribution < 1.29 is 9.50 Å². The highest BCUT2D eigenvalue weighted by Gasteiger charge is 2.39. The van der Waals surface area contributed by atoms with E-state index in [9.17, 15) is 9.50 Å². The van der Waals surface area contributed by atoms with Crippen molar-refractivity contribution in [1.82, 2.24) is 4.90 Å². The Morgan fingerprint density at radius 2 is 1.86 bits per heavy atom. The van der Waals surface area contributed by atoms with Gasteiger partial charge in [0.25, 0.3) is 0 Å². The fourth-order valence-corrected chi connectivity index (χ4v) is 4.28. The van der Waals surface area contributed by atoms with Crippen LogP contribution in [-0.4, -0.2) is 21.1 Å². The van der Waals surface area contributed by atoms with Crippen molar-refractivity contribution in [2.45, 2.75) is 63.8 Å². The lowest BCUT2D eigenvalue weighted by Gasteiger charge is -2.48. The Morgan fingerprint density at radius 1 is 1.10 bits per heavy atom. The summed E-state index contributed by atoms with van der Waals surface area (Å²) in [4.78, 5) is 2.45. The summed E-state index contributed by atoms with van der Waals surface area (Å²) < 4.78 is 14.2. The SMILES string of the molecule is CC[C@@]1(N(Cc2ccccc2)C(CC(C)(C)O)c2cccc(F)c2)C=CC=CC1. The van der Waals surface area contributed by atoms with Crippen LogP contribution >= 0.6 is 0 Å². The van der Waals surface area contributed by atoms with Gasteiger partial charge in [0.15, 0.2) is 0 Å². The van der Waals surface area contributed by atoms with Crippen LogP contribution in [0.1, 0.15) is 57.2 Å². The van der Waals surface area contributed by atoms with Crippen LogP contribution in [0.3, 0.4) is 0 Å². The Morgan fingerprint density at radius 3 is 2.45 bits per heavy atom. The van der Waals surface area contributed by atoms with Gasteiger partial charge >= 0.3 is 0 Å². The van der Waals surface area contributed by atoms with Gasteiger partial charge in [-0.1, -0.05) is 73.7 Å². The highest BCUT2D eigenvalue weighted by Crippen LogP contribution is 2.41. The molecule has 0 saturated carbocycles. The van der Waals surface area contributed by atoms with E-state index in [2.05, 4.69) is 60.4 Å². The van der Waals surface area contributed by atoms with Gasteiger partial charge in [0.1, 0.15) is 5.82 Å². The van der Waals surface area contributed by atoms with Gasteiger partial charge in [0, 0.05) is 18.1 Å². The van der Waals surface area contributed by atoms with Crippen molar-refractivity contribution in [3.05, 3.63) is 95.8 Å². The molecule has 0 aliphatic heterocycles. The molecule has 0 heterocycles. The molecule has 1 N–H and O–H groups in total. The molecule has 2 aromatic rings. The van der Waals surface area contributed by atoms with E-state index in [1.54, 1.807) is 12.1 Å². The van der Waals surface area contributed by atoms with Gasteiger partial charge in [-0.25, -0.2) is 4.39 Å². The minimum atomic E-state index is -0.880. The van der Waals surface area contributed by atoms with Crippen LogP contribution in [0.2, 0.25) is 0 Å². The predicted molar refractivity (Wildman–Crippen MR) is 118 cm³/mol. The third kappa shape index (κ3) is 5.43. The van der Waals surface area contributed by atoms with Crippen LogP contribution in [0.5, 0.6) is 0 Å². The highest BCUT2D eigenvalue weighted by atomic mass is 19.1. The summed E-state index contributed by atoms with van der Waals surface area (Å²) in [6, 6.07) is 17.1. The van der Waals surface area contributed by atoms with Crippen molar-refractivity contribution in [3.63, 3.8) is 0 Å². The molecule has 0 saturated heterocycles. The topological polar surface area (TPSA) is 23.5 Å². The van der Waals surface area contributed by atoms with Crippen molar-refractivity contribution >= 4 is 0 Å². The fourth-order valence-electron chi connectivity index (χ4n) is 4.28. The third-order valence-electron chi connectivity index (χ3n) is 5.81. The van der Waals surface area contributed by atoms with Crippen molar-refractivity contribution in [2.75, 3.05) is 0 Å². The summed E-state index contributed by atoms with van der Waals surface area (Å²) in [7, 11) is 0. The van der Waals surface area contributed by atoms with E-state index >= 15 is 0 Å². The van der Waals surface area contributed by atoms with Crippen LogP contribution < -0.4 is 0 Å². The second-order valence-corrected chi connectivity index (χ2v) is 8.65. The Kier molecular flexibility index (Phi) is 6.71. The molecule has 1 aliphatic carbocycles. The zero-order valence-electron chi connectivity index (χ0n) is 17.7. The highest BCUT2D eigenvalue weighted by molar-refractivity contribution is 5.27. The normalized spacial score (nSPS) is 20.2. The quantitative estimate of drug-likeness (QED) is 0.577. The molecular formula is C26H32FNO. The number of nitrogens with zero attached hydrogens (tertiary/aromatic N) is 1. The molecule has 2 aromatic carbocycles. The Bertz CT molecular complexity index is 853. The average Bonchev–Trinajstić information content (AvgIpc) is 2.71. The number of hydrogen-bond donors (Lipinski definition) is 1. The molecule has 0 spiro atoms. The van der Waals surface area contributed by atoms with Gasteiger partial charge in [0.2, 0.25) is 0 Å². The second kappa shape index (κ2) is 9.06. The first kappa shape index (κ1) is 21.5. The molecule has 1 unspecified atom stereocenters. The molecule has 29 heavy (non-hydrogen) atoms. The first-order valence-corrected chi connectivity index (χ1v) is 10.5. The van der Waals surface area contributed by atoms with Crippen LogP contribution in [0.25, 0.3) is 0 Å². The van der Waals surface area contributed by atoms with E-state index in [0.717, 1.165) is 24.9 Å². The summed E-state index contributed by atoms with van der Waals surface area (Å²) in [6.45, 7) is 6.59. The largest absolute Gasteiger partial charge is 0.390 e. The zero-order chi connectivity index (χ0) is 20.9. The minimum absolute atomic E-state index is 0.123. The number of benzene rings is 2. The summed E-state index contributed by atoms with van der Waals surface area (Å²) in [6.07, 6.45) is 11.0. The van der Waals surface area contributed by atoms with Crippen LogP contribution in [0.15, 0.2) is 78.9 Å². The standard InChI is InChI=1S/C26H32FNO/c1-4-26(16-9-6-10-17-26)28(20-21-12-7-5-8-13-21)24(19-25(2,3)29)22-14-11-15-23(27)18-22/h5-16,18,24,29H,4,17,19-20H2,1-3H3/t24?,26-/m1/s1. The van der Waals surface area contributed by atoms with E-state index in [1.807, 2.05) is 26.0 Å². The Balaban J connectivity index is 2.11. The van der Waals surface area contributed by atoms with Crippen molar-refractivity contribution in [2.24, 2.45) is 0 Å². The van der Waals surface area contributed by atoms with Crippen LogP contribution in [-0.2, 0) is 6.54 Å². The summed E-state index contributed by atoms with van der Waals surface area (Å²) >= 11 is 0. The summed E-state index contributed by atoms with van der Waals surface area (Å²) in [5, 5.41) is 10.7. The van der Waals surface area contributed by atoms with Crippen molar-refractivity contribution in [1.29, 1.82) is 0 Å². The monoisotopic (exact) mass is 393 g/mol. The predicted octanol–water partition coefficient (Wildman–Crippen LogP) is 6.19. The van der Waals surface area contributed by atoms with Crippen molar-refractivity contribution in [3.8, 4) is 0 Å². The van der Waals surface area contributed by atoms with Gasteiger partial charge in [-0.05, 0) is 56.4 Å². The third-order valence-corrected chi connectivity index (χ3v) is 5.81. The molecule has 3 heteroatoms. The molecule has 0 fully saturated rings. The lowest BCUT2D eigenvalue weighted by atomic mass is 9.81. The Hall–Kier alpha value is -2.23. The smallest absolute Gasteiger partial charge is 0.123 e. The maximum Gasteiger partial charge on any atom is 0.123 e. The number of aliphatic hydroxyl groups is 1. The summed E-state index contributed by atoms with van der Waals surface area (Å²) in [5.74, 6) is -0.243. The molecule has 0 amide bonds. The van der Waals surface area contributed by atoms with Gasteiger partial charge in [-0.3, -0.25) is 4.90 Å².